The van der Waals surface area contributed by atoms with Crippen molar-refractivity contribution in [3.63, 3.8) is 0 Å². The van der Waals surface area contributed by atoms with Crippen molar-refractivity contribution in [1.82, 2.24) is 0 Å². The molecular formula is C60H42BN3. The Balaban J connectivity index is 1.11. The van der Waals surface area contributed by atoms with Crippen LogP contribution in [0.3, 0.4) is 0 Å². The van der Waals surface area contributed by atoms with Crippen LogP contribution >= 0.6 is 0 Å². The molecule has 0 unspecified atom stereocenters. The van der Waals surface area contributed by atoms with E-state index in [2.05, 4.69) is 269 Å². The van der Waals surface area contributed by atoms with Crippen LogP contribution < -0.4 is 31.1 Å². The number of benzene rings is 10. The summed E-state index contributed by atoms with van der Waals surface area (Å²) in [7, 11) is 0. The summed E-state index contributed by atoms with van der Waals surface area (Å²) in [5.74, 6) is 0. The first-order valence-corrected chi connectivity index (χ1v) is 22.0. The Morgan fingerprint density at radius 1 is 0.266 bits per heavy atom. The molecule has 4 heteroatoms. The van der Waals surface area contributed by atoms with E-state index in [-0.39, 0.29) is 6.71 Å². The monoisotopic (exact) mass is 815 g/mol. The van der Waals surface area contributed by atoms with Crippen molar-refractivity contribution in [2.45, 2.75) is 0 Å². The van der Waals surface area contributed by atoms with Crippen LogP contribution in [0.4, 0.5) is 51.2 Å². The molecular weight excluding hydrogens is 773 g/mol. The van der Waals surface area contributed by atoms with Gasteiger partial charge in [-0.05, 0) is 129 Å². The minimum atomic E-state index is -0.0228. The zero-order chi connectivity index (χ0) is 42.4. The lowest BCUT2D eigenvalue weighted by Gasteiger charge is -2.44. The largest absolute Gasteiger partial charge is 0.311 e. The highest BCUT2D eigenvalue weighted by atomic mass is 15.2. The summed E-state index contributed by atoms with van der Waals surface area (Å²) in [5.41, 5.74) is 21.3. The third kappa shape index (κ3) is 6.47. The summed E-state index contributed by atoms with van der Waals surface area (Å²) >= 11 is 0. The Morgan fingerprint density at radius 2 is 0.688 bits per heavy atom. The predicted octanol–water partition coefficient (Wildman–Crippen LogP) is 14.2. The number of hydrogen-bond donors (Lipinski definition) is 0. The third-order valence-corrected chi connectivity index (χ3v) is 12.8. The zero-order valence-corrected chi connectivity index (χ0v) is 35.2. The van der Waals surface area contributed by atoms with E-state index in [4.69, 9.17) is 0 Å². The van der Waals surface area contributed by atoms with E-state index in [9.17, 15) is 0 Å². The van der Waals surface area contributed by atoms with Crippen LogP contribution in [0.5, 0.6) is 0 Å². The van der Waals surface area contributed by atoms with Gasteiger partial charge in [-0.3, -0.25) is 0 Å². The fourth-order valence-corrected chi connectivity index (χ4v) is 9.91. The first-order chi connectivity index (χ1) is 31.8. The van der Waals surface area contributed by atoms with Crippen molar-refractivity contribution in [2.24, 2.45) is 0 Å². The SMILES string of the molecule is c1ccc(-c2ccc(N3c4cc(N(c5ccccc5)c5ccccc5)ccc4B4c5ccc(-c6ccccc6)cc5N(c5cccc(-c6ccccc6)c5)c5cccc3c54)cc2)cc1. The fourth-order valence-electron chi connectivity index (χ4n) is 9.91. The Morgan fingerprint density at radius 3 is 1.27 bits per heavy atom. The number of fused-ring (bicyclic) bond motifs is 4. The maximum absolute atomic E-state index is 2.51. The van der Waals surface area contributed by atoms with Gasteiger partial charge in [0.25, 0.3) is 6.71 Å². The summed E-state index contributed by atoms with van der Waals surface area (Å²) in [4.78, 5) is 7.37. The molecule has 0 amide bonds. The summed E-state index contributed by atoms with van der Waals surface area (Å²) in [6, 6.07) is 92.7. The fraction of sp³-hybridized carbons (Fsp3) is 0. The summed E-state index contributed by atoms with van der Waals surface area (Å²) in [6.07, 6.45) is 0. The molecule has 10 aromatic carbocycles. The molecule has 0 atom stereocenters. The van der Waals surface area contributed by atoms with E-state index >= 15 is 0 Å². The number of anilines is 9. The van der Waals surface area contributed by atoms with Gasteiger partial charge in [-0.15, -0.1) is 0 Å². The van der Waals surface area contributed by atoms with Gasteiger partial charge in [-0.2, -0.15) is 0 Å². The normalized spacial score (nSPS) is 12.3. The molecule has 64 heavy (non-hydrogen) atoms. The van der Waals surface area contributed by atoms with E-state index in [1.165, 1.54) is 66.8 Å². The van der Waals surface area contributed by atoms with Crippen LogP contribution in [0.25, 0.3) is 33.4 Å². The molecule has 0 radical (unpaired) electrons. The molecule has 0 bridgehead atoms. The Bertz CT molecular complexity index is 3230. The van der Waals surface area contributed by atoms with Crippen LogP contribution in [0.2, 0.25) is 0 Å². The molecule has 12 rings (SSSR count). The van der Waals surface area contributed by atoms with Gasteiger partial charge >= 0.3 is 0 Å². The minimum absolute atomic E-state index is 0.0228. The topological polar surface area (TPSA) is 9.72 Å². The zero-order valence-electron chi connectivity index (χ0n) is 35.2. The van der Waals surface area contributed by atoms with E-state index in [1.54, 1.807) is 0 Å². The first-order valence-electron chi connectivity index (χ1n) is 22.0. The van der Waals surface area contributed by atoms with Crippen LogP contribution in [-0.4, -0.2) is 6.71 Å². The molecule has 0 spiro atoms. The number of nitrogens with zero attached hydrogens (tertiary/aromatic N) is 3. The smallest absolute Gasteiger partial charge is 0.252 e. The van der Waals surface area contributed by atoms with Gasteiger partial charge in [0.15, 0.2) is 0 Å². The predicted molar refractivity (Wildman–Crippen MR) is 271 cm³/mol. The lowest BCUT2D eigenvalue weighted by Crippen LogP contribution is -2.61. The van der Waals surface area contributed by atoms with Crippen molar-refractivity contribution < 1.29 is 0 Å². The number of hydrogen-bond acceptors (Lipinski definition) is 3. The average Bonchev–Trinajstić information content (AvgIpc) is 3.38. The second kappa shape index (κ2) is 15.8. The van der Waals surface area contributed by atoms with E-state index in [0.29, 0.717) is 0 Å². The van der Waals surface area contributed by atoms with Crippen molar-refractivity contribution >= 4 is 74.3 Å². The first kappa shape index (κ1) is 37.4. The van der Waals surface area contributed by atoms with Crippen molar-refractivity contribution in [1.29, 1.82) is 0 Å². The molecule has 0 N–H and O–H groups in total. The maximum atomic E-state index is 2.51. The maximum Gasteiger partial charge on any atom is 0.252 e. The molecule has 0 fully saturated rings. The van der Waals surface area contributed by atoms with Crippen LogP contribution in [0.15, 0.2) is 255 Å². The van der Waals surface area contributed by atoms with Gasteiger partial charge in [0.1, 0.15) is 0 Å². The van der Waals surface area contributed by atoms with Gasteiger partial charge in [0.05, 0.1) is 0 Å². The highest BCUT2D eigenvalue weighted by Gasteiger charge is 2.43. The van der Waals surface area contributed by atoms with Gasteiger partial charge in [0, 0.05) is 51.2 Å². The second-order valence-corrected chi connectivity index (χ2v) is 16.5. The number of rotatable bonds is 8. The summed E-state index contributed by atoms with van der Waals surface area (Å²) in [5, 5.41) is 0. The lowest BCUT2D eigenvalue weighted by atomic mass is 9.33. The van der Waals surface area contributed by atoms with Crippen molar-refractivity contribution in [3.05, 3.63) is 255 Å². The minimum Gasteiger partial charge on any atom is -0.311 e. The van der Waals surface area contributed by atoms with Crippen molar-refractivity contribution in [2.75, 3.05) is 14.7 Å². The average molecular weight is 816 g/mol. The Labute approximate surface area is 375 Å². The van der Waals surface area contributed by atoms with Gasteiger partial charge in [-0.25, -0.2) is 0 Å². The molecule has 0 aliphatic carbocycles. The van der Waals surface area contributed by atoms with E-state index < -0.39 is 0 Å². The highest BCUT2D eigenvalue weighted by Crippen LogP contribution is 2.47. The van der Waals surface area contributed by atoms with E-state index in [1.807, 2.05) is 0 Å². The molecule has 2 heterocycles. The summed E-state index contributed by atoms with van der Waals surface area (Å²) in [6.45, 7) is -0.0228. The molecule has 2 aliphatic heterocycles. The Kier molecular flexibility index (Phi) is 9.27. The van der Waals surface area contributed by atoms with Crippen molar-refractivity contribution in [3.8, 4) is 33.4 Å². The molecule has 10 aromatic rings. The quantitative estimate of drug-likeness (QED) is 0.142. The highest BCUT2D eigenvalue weighted by molar-refractivity contribution is 7.00. The molecule has 0 saturated carbocycles. The van der Waals surface area contributed by atoms with Crippen LogP contribution in [-0.2, 0) is 0 Å². The third-order valence-electron chi connectivity index (χ3n) is 12.8. The number of para-hydroxylation sites is 2. The molecule has 0 aromatic heterocycles. The standard InChI is InChI=1S/C60H42BN3/c1-6-18-43(19-7-1)46-32-35-51(36-33-46)63-56-30-17-31-57-60(56)61(55-39-37-53(42-59(55)63)62(49-25-12-4-13-26-49)50-27-14-5-15-28-50)54-38-34-48(45-22-10-3-11-23-45)41-58(54)64(57)52-29-16-24-47(40-52)44-20-8-2-9-21-44/h1-42H. The second-order valence-electron chi connectivity index (χ2n) is 16.5. The van der Waals surface area contributed by atoms with Crippen LogP contribution in [0.1, 0.15) is 0 Å². The van der Waals surface area contributed by atoms with Gasteiger partial charge in [-0.1, -0.05) is 176 Å². The molecule has 3 nitrogen and oxygen atoms in total. The van der Waals surface area contributed by atoms with E-state index in [0.717, 1.165) is 34.1 Å². The molecule has 2 aliphatic rings. The van der Waals surface area contributed by atoms with Gasteiger partial charge < -0.3 is 14.7 Å². The Hall–Kier alpha value is -8.34. The molecule has 300 valence electrons. The summed E-state index contributed by atoms with van der Waals surface area (Å²) < 4.78 is 0. The molecule has 0 saturated heterocycles. The van der Waals surface area contributed by atoms with Crippen LogP contribution in [0, 0.1) is 0 Å². The van der Waals surface area contributed by atoms with Gasteiger partial charge in [0.2, 0.25) is 0 Å². The lowest BCUT2D eigenvalue weighted by molar-refractivity contribution is 1.24.